The lowest BCUT2D eigenvalue weighted by Crippen LogP contribution is -2.01. The molecule has 2 aromatic carbocycles. The average molecular weight is 393 g/mol. The number of hydrogen-bond donors (Lipinski definition) is 1. The first-order valence-electron chi connectivity index (χ1n) is 8.59. The summed E-state index contributed by atoms with van der Waals surface area (Å²) in [7, 11) is 0. The number of nitrogens with zero attached hydrogens (tertiary/aromatic N) is 3. The molecule has 2 heterocycles. The molecule has 0 amide bonds. The molecule has 0 atom stereocenters. The zero-order chi connectivity index (χ0) is 19.7. The summed E-state index contributed by atoms with van der Waals surface area (Å²) in [5.41, 5.74) is 8.93. The third kappa shape index (κ3) is 3.42. The molecule has 0 bridgehead atoms. The first-order valence-corrected chi connectivity index (χ1v) is 8.97. The molecule has 4 aromatic rings. The number of aryl methyl sites for hydroxylation is 2. The fourth-order valence-corrected chi connectivity index (χ4v) is 2.98. The van der Waals surface area contributed by atoms with Gasteiger partial charge >= 0.3 is 0 Å². The van der Waals surface area contributed by atoms with E-state index in [1.54, 1.807) is 6.20 Å². The van der Waals surface area contributed by atoms with Crippen molar-refractivity contribution in [3.63, 3.8) is 0 Å². The summed E-state index contributed by atoms with van der Waals surface area (Å²) in [6.45, 7) is 3.82. The predicted octanol–water partition coefficient (Wildman–Crippen LogP) is 5.46. The van der Waals surface area contributed by atoms with E-state index in [1.807, 2.05) is 56.3 Å². The molecular formula is C21H17ClN4O2. The Morgan fingerprint density at radius 1 is 0.893 bits per heavy atom. The third-order valence-electron chi connectivity index (χ3n) is 4.24. The minimum Gasteiger partial charge on any atom is -0.437 e. The molecule has 4 rings (SSSR count). The topological polar surface area (TPSA) is 83.2 Å². The predicted molar refractivity (Wildman–Crippen MR) is 109 cm³/mol. The van der Waals surface area contributed by atoms with E-state index in [4.69, 9.17) is 26.8 Å². The maximum absolute atomic E-state index is 6.22. The van der Waals surface area contributed by atoms with Crippen LogP contribution in [0.25, 0.3) is 10.9 Å². The first kappa shape index (κ1) is 18.0. The van der Waals surface area contributed by atoms with Crippen LogP contribution < -0.4 is 15.2 Å². The highest BCUT2D eigenvalue weighted by molar-refractivity contribution is 6.32. The molecule has 2 N–H and O–H groups in total. The lowest BCUT2D eigenvalue weighted by Gasteiger charge is -2.13. The van der Waals surface area contributed by atoms with Crippen LogP contribution in [0.15, 0.2) is 55.0 Å². The molecule has 7 heteroatoms. The van der Waals surface area contributed by atoms with Gasteiger partial charge in [-0.25, -0.2) is 0 Å². The van der Waals surface area contributed by atoms with Crippen molar-refractivity contribution in [1.82, 2.24) is 15.0 Å². The third-order valence-corrected chi connectivity index (χ3v) is 4.83. The second-order valence-corrected chi connectivity index (χ2v) is 6.68. The molecule has 0 unspecified atom stereocenters. The van der Waals surface area contributed by atoms with E-state index >= 15 is 0 Å². The van der Waals surface area contributed by atoms with Gasteiger partial charge in [-0.15, -0.1) is 0 Å². The second kappa shape index (κ2) is 7.32. The number of para-hydroxylation sites is 1. The van der Waals surface area contributed by atoms with Crippen molar-refractivity contribution in [3.8, 4) is 23.3 Å². The van der Waals surface area contributed by atoms with Crippen molar-refractivity contribution in [2.75, 3.05) is 5.73 Å². The normalized spacial score (nSPS) is 10.8. The van der Waals surface area contributed by atoms with Crippen LogP contribution in [-0.4, -0.2) is 15.0 Å². The SMILES string of the molecule is Cc1cc(Oc2ncnc(Oc3cccc4cccnc34)c2N)cc(C)c1Cl. The monoisotopic (exact) mass is 392 g/mol. The summed E-state index contributed by atoms with van der Waals surface area (Å²) in [5, 5.41) is 1.66. The Bertz CT molecular complexity index is 1150. The molecular weight excluding hydrogens is 376 g/mol. The Morgan fingerprint density at radius 2 is 1.57 bits per heavy atom. The average Bonchev–Trinajstić information content (AvgIpc) is 2.69. The van der Waals surface area contributed by atoms with Gasteiger partial charge in [0.05, 0.1) is 0 Å². The molecule has 0 fully saturated rings. The van der Waals surface area contributed by atoms with Crippen LogP contribution in [0.3, 0.4) is 0 Å². The zero-order valence-electron chi connectivity index (χ0n) is 15.3. The maximum Gasteiger partial charge on any atom is 0.249 e. The standard InChI is InChI=1S/C21H17ClN4O2/c1-12-9-15(10-13(2)17(12)22)27-20-18(23)21(26-11-25-20)28-16-7-3-5-14-6-4-8-24-19(14)16/h3-11H,23H2,1-2H3. The van der Waals surface area contributed by atoms with Gasteiger partial charge in [-0.05, 0) is 49.2 Å². The number of fused-ring (bicyclic) bond motifs is 1. The fourth-order valence-electron chi connectivity index (χ4n) is 2.87. The van der Waals surface area contributed by atoms with Gasteiger partial charge in [-0.2, -0.15) is 9.97 Å². The van der Waals surface area contributed by atoms with Crippen molar-refractivity contribution in [2.45, 2.75) is 13.8 Å². The van der Waals surface area contributed by atoms with Gasteiger partial charge < -0.3 is 15.2 Å². The molecule has 0 spiro atoms. The maximum atomic E-state index is 6.22. The van der Waals surface area contributed by atoms with Crippen molar-refractivity contribution < 1.29 is 9.47 Å². The molecule has 0 aliphatic carbocycles. The van der Waals surface area contributed by atoms with Gasteiger partial charge in [0.25, 0.3) is 0 Å². The summed E-state index contributed by atoms with van der Waals surface area (Å²) in [6, 6.07) is 13.1. The van der Waals surface area contributed by atoms with E-state index < -0.39 is 0 Å². The van der Waals surface area contributed by atoms with Crippen molar-refractivity contribution in [3.05, 3.63) is 71.1 Å². The Morgan fingerprint density at radius 3 is 2.32 bits per heavy atom. The van der Waals surface area contributed by atoms with Crippen LogP contribution in [-0.2, 0) is 0 Å². The summed E-state index contributed by atoms with van der Waals surface area (Å²) in [5.74, 6) is 1.54. The van der Waals surface area contributed by atoms with Crippen molar-refractivity contribution in [2.24, 2.45) is 0 Å². The minimum atomic E-state index is 0.195. The van der Waals surface area contributed by atoms with Gasteiger partial charge in [0.2, 0.25) is 11.8 Å². The quantitative estimate of drug-likeness (QED) is 0.496. The van der Waals surface area contributed by atoms with Crippen LogP contribution in [0.1, 0.15) is 11.1 Å². The first-order chi connectivity index (χ1) is 13.5. The number of benzene rings is 2. The second-order valence-electron chi connectivity index (χ2n) is 6.30. The van der Waals surface area contributed by atoms with Crippen LogP contribution in [0, 0.1) is 13.8 Å². The van der Waals surface area contributed by atoms with E-state index in [0.29, 0.717) is 16.5 Å². The van der Waals surface area contributed by atoms with Gasteiger partial charge in [0, 0.05) is 16.6 Å². The zero-order valence-corrected chi connectivity index (χ0v) is 16.1. The molecule has 28 heavy (non-hydrogen) atoms. The number of nitrogen functional groups attached to an aromatic ring is 1. The number of anilines is 1. The van der Waals surface area contributed by atoms with Gasteiger partial charge in [-0.3, -0.25) is 4.98 Å². The molecule has 2 aromatic heterocycles. The van der Waals surface area contributed by atoms with Crippen LogP contribution in [0.5, 0.6) is 23.3 Å². The summed E-state index contributed by atoms with van der Waals surface area (Å²) in [4.78, 5) is 12.6. The molecule has 0 aliphatic rings. The molecule has 6 nitrogen and oxygen atoms in total. The van der Waals surface area contributed by atoms with E-state index in [9.17, 15) is 0 Å². The summed E-state index contributed by atoms with van der Waals surface area (Å²) >= 11 is 6.22. The minimum absolute atomic E-state index is 0.195. The molecule has 140 valence electrons. The Balaban J connectivity index is 1.67. The number of rotatable bonds is 4. The van der Waals surface area contributed by atoms with E-state index in [0.717, 1.165) is 22.0 Å². The number of nitrogens with two attached hydrogens (primary N) is 1. The van der Waals surface area contributed by atoms with Crippen molar-refractivity contribution in [1.29, 1.82) is 0 Å². The molecule has 0 saturated heterocycles. The van der Waals surface area contributed by atoms with Crippen LogP contribution in [0.2, 0.25) is 5.02 Å². The number of hydrogen-bond acceptors (Lipinski definition) is 6. The number of halogens is 1. The highest BCUT2D eigenvalue weighted by atomic mass is 35.5. The highest BCUT2D eigenvalue weighted by Crippen LogP contribution is 2.36. The fraction of sp³-hybridized carbons (Fsp3) is 0.0952. The highest BCUT2D eigenvalue weighted by Gasteiger charge is 2.15. The Kier molecular flexibility index (Phi) is 4.71. The molecule has 0 saturated carbocycles. The summed E-state index contributed by atoms with van der Waals surface area (Å²) in [6.07, 6.45) is 3.05. The molecule has 0 aliphatic heterocycles. The van der Waals surface area contributed by atoms with Crippen LogP contribution in [0.4, 0.5) is 5.69 Å². The van der Waals surface area contributed by atoms with E-state index in [2.05, 4.69) is 15.0 Å². The van der Waals surface area contributed by atoms with E-state index in [1.165, 1.54) is 6.33 Å². The molecule has 0 radical (unpaired) electrons. The Hall–Kier alpha value is -3.38. The largest absolute Gasteiger partial charge is 0.437 e. The Labute approximate surface area is 166 Å². The van der Waals surface area contributed by atoms with Crippen LogP contribution >= 0.6 is 11.6 Å². The van der Waals surface area contributed by atoms with Gasteiger partial charge in [0.1, 0.15) is 17.6 Å². The number of pyridine rings is 1. The van der Waals surface area contributed by atoms with Gasteiger partial charge in [0.15, 0.2) is 11.4 Å². The van der Waals surface area contributed by atoms with Gasteiger partial charge in [-0.1, -0.05) is 29.8 Å². The number of aromatic nitrogens is 3. The number of ether oxygens (including phenoxy) is 2. The lowest BCUT2D eigenvalue weighted by atomic mass is 10.1. The lowest BCUT2D eigenvalue weighted by molar-refractivity contribution is 0.440. The smallest absolute Gasteiger partial charge is 0.249 e. The van der Waals surface area contributed by atoms with Crippen molar-refractivity contribution >= 4 is 28.2 Å². The van der Waals surface area contributed by atoms with E-state index in [-0.39, 0.29) is 17.4 Å². The summed E-state index contributed by atoms with van der Waals surface area (Å²) < 4.78 is 11.8.